The van der Waals surface area contributed by atoms with Gasteiger partial charge < -0.3 is 4.74 Å². The first-order chi connectivity index (χ1) is 15.2. The molecule has 0 aliphatic carbocycles. The Bertz CT molecular complexity index is 1200. The molecule has 10 heteroatoms. The molecule has 0 spiro atoms. The predicted octanol–water partition coefficient (Wildman–Crippen LogP) is 2.76. The number of amides is 2. The van der Waals surface area contributed by atoms with Crippen molar-refractivity contribution in [3.05, 3.63) is 59.7 Å². The third kappa shape index (κ3) is 3.98. The van der Waals surface area contributed by atoms with Crippen LogP contribution in [0.25, 0.3) is 11.0 Å². The number of benzene rings is 2. The van der Waals surface area contributed by atoms with E-state index in [-0.39, 0.29) is 0 Å². The quantitative estimate of drug-likeness (QED) is 0.456. The van der Waals surface area contributed by atoms with Crippen LogP contribution >= 0.6 is 0 Å². The molecule has 0 saturated carbocycles. The van der Waals surface area contributed by atoms with E-state index in [0.29, 0.717) is 16.6 Å². The zero-order valence-electron chi connectivity index (χ0n) is 18.2. The highest BCUT2D eigenvalue weighted by atomic mass is 16.7. The van der Waals surface area contributed by atoms with E-state index in [4.69, 9.17) is 9.57 Å². The van der Waals surface area contributed by atoms with Gasteiger partial charge in [-0.2, -0.15) is 0 Å². The Labute approximate surface area is 184 Å². The second-order valence-electron chi connectivity index (χ2n) is 8.37. The topological polar surface area (TPSA) is 107 Å². The van der Waals surface area contributed by atoms with Crippen molar-refractivity contribution in [3.8, 4) is 0 Å². The first-order valence-electron chi connectivity index (χ1n) is 10.1. The number of hydrazine groups is 1. The van der Waals surface area contributed by atoms with Crippen LogP contribution in [-0.4, -0.2) is 55.3 Å². The second kappa shape index (κ2) is 7.95. The molecule has 0 radical (unpaired) electrons. The van der Waals surface area contributed by atoms with Gasteiger partial charge in [-0.25, -0.2) is 14.8 Å². The average Bonchev–Trinajstić information content (AvgIpc) is 3.24. The first kappa shape index (κ1) is 21.3. The van der Waals surface area contributed by atoms with Gasteiger partial charge >= 0.3 is 12.1 Å². The van der Waals surface area contributed by atoms with Gasteiger partial charge in [0.2, 0.25) is 0 Å². The summed E-state index contributed by atoms with van der Waals surface area (Å²) in [6, 6.07) is 13.5. The fourth-order valence-corrected chi connectivity index (χ4v) is 3.57. The van der Waals surface area contributed by atoms with E-state index >= 15 is 0 Å². The zero-order chi connectivity index (χ0) is 23.0. The summed E-state index contributed by atoms with van der Waals surface area (Å²) in [7, 11) is 0. The number of carbonyl (C=O) groups excluding carboxylic acids is 3. The monoisotopic (exact) mass is 437 g/mol. The van der Waals surface area contributed by atoms with Crippen LogP contribution in [0.4, 0.5) is 4.79 Å². The highest BCUT2D eigenvalue weighted by Crippen LogP contribution is 2.34. The number of carbonyl (C=O) groups is 3. The third-order valence-electron chi connectivity index (χ3n) is 4.87. The molecule has 32 heavy (non-hydrogen) atoms. The van der Waals surface area contributed by atoms with Crippen molar-refractivity contribution in [1.29, 1.82) is 0 Å². The smallest absolute Gasteiger partial charge is 0.455 e. The lowest BCUT2D eigenvalue weighted by Crippen LogP contribution is -2.53. The van der Waals surface area contributed by atoms with E-state index in [1.54, 1.807) is 70.2 Å². The van der Waals surface area contributed by atoms with Crippen molar-refractivity contribution in [1.82, 2.24) is 25.2 Å². The first-order valence-corrected chi connectivity index (χ1v) is 10.1. The Morgan fingerprint density at radius 3 is 2.50 bits per heavy atom. The average molecular weight is 437 g/mol. The summed E-state index contributed by atoms with van der Waals surface area (Å²) in [5.74, 6) is -1.11. The van der Waals surface area contributed by atoms with Gasteiger partial charge in [0.15, 0.2) is 0 Å². The van der Waals surface area contributed by atoms with Gasteiger partial charge in [-0.05, 0) is 56.7 Å². The number of nitrogens with zero attached hydrogens (tertiary/aromatic N) is 5. The van der Waals surface area contributed by atoms with Crippen LogP contribution in [-0.2, 0) is 9.53 Å². The van der Waals surface area contributed by atoms with Gasteiger partial charge in [-0.3, -0.25) is 14.4 Å². The maximum absolute atomic E-state index is 13.2. The fourth-order valence-electron chi connectivity index (χ4n) is 3.57. The Balaban J connectivity index is 1.65. The molecule has 4 rings (SSSR count). The van der Waals surface area contributed by atoms with Crippen LogP contribution in [0, 0.1) is 0 Å². The Kier molecular flexibility index (Phi) is 5.29. The summed E-state index contributed by atoms with van der Waals surface area (Å²) in [4.78, 5) is 45.3. The molecular weight excluding hydrogens is 414 g/mol. The molecule has 1 unspecified atom stereocenters. The molecule has 2 aromatic carbocycles. The van der Waals surface area contributed by atoms with E-state index in [2.05, 4.69) is 10.3 Å². The van der Waals surface area contributed by atoms with E-state index in [1.165, 1.54) is 5.01 Å². The SMILES string of the molecule is CC1c2ccccc2C(=O)N1N(CC(=O)OC(C)(C)C)C(=O)On1nnc2ccccc21. The maximum atomic E-state index is 13.2. The minimum absolute atomic E-state index is 0.419. The molecule has 166 valence electrons. The van der Waals surface area contributed by atoms with E-state index in [0.717, 1.165) is 15.4 Å². The molecule has 0 fully saturated rings. The molecule has 10 nitrogen and oxygen atoms in total. The molecule has 2 heterocycles. The lowest BCUT2D eigenvalue weighted by molar-refractivity contribution is -0.159. The Hall–Kier alpha value is -3.95. The molecule has 1 aromatic heterocycles. The van der Waals surface area contributed by atoms with Gasteiger partial charge in [-0.15, -0.1) is 5.10 Å². The Morgan fingerprint density at radius 1 is 1.09 bits per heavy atom. The van der Waals surface area contributed by atoms with Gasteiger partial charge in [0.1, 0.15) is 23.2 Å². The number of fused-ring (bicyclic) bond motifs is 2. The molecule has 3 aromatic rings. The number of hydrogen-bond donors (Lipinski definition) is 0. The normalized spacial score (nSPS) is 15.6. The number of hydrogen-bond acceptors (Lipinski definition) is 7. The van der Waals surface area contributed by atoms with Crippen molar-refractivity contribution in [2.75, 3.05) is 6.54 Å². The lowest BCUT2D eigenvalue weighted by Gasteiger charge is -2.33. The number of esters is 1. The van der Waals surface area contributed by atoms with Crippen molar-refractivity contribution in [3.63, 3.8) is 0 Å². The summed E-state index contributed by atoms with van der Waals surface area (Å²) in [5.41, 5.74) is 1.41. The van der Waals surface area contributed by atoms with Crippen LogP contribution in [0.5, 0.6) is 0 Å². The van der Waals surface area contributed by atoms with E-state index < -0.39 is 36.2 Å². The van der Waals surface area contributed by atoms with Crippen LogP contribution in [0.1, 0.15) is 49.7 Å². The predicted molar refractivity (Wildman–Crippen MR) is 113 cm³/mol. The number of aromatic nitrogens is 3. The number of para-hydroxylation sites is 1. The molecular formula is C22H23N5O5. The van der Waals surface area contributed by atoms with Gasteiger partial charge in [0, 0.05) is 5.56 Å². The maximum Gasteiger partial charge on any atom is 0.455 e. The summed E-state index contributed by atoms with van der Waals surface area (Å²) < 4.78 is 5.37. The van der Waals surface area contributed by atoms with Crippen LogP contribution in [0.3, 0.4) is 0 Å². The molecule has 2 amide bonds. The summed E-state index contributed by atoms with van der Waals surface area (Å²) in [6.07, 6.45) is -0.973. The van der Waals surface area contributed by atoms with Crippen molar-refractivity contribution in [2.45, 2.75) is 39.3 Å². The van der Waals surface area contributed by atoms with E-state index in [9.17, 15) is 14.4 Å². The van der Waals surface area contributed by atoms with Crippen LogP contribution in [0.2, 0.25) is 0 Å². The summed E-state index contributed by atoms with van der Waals surface area (Å²) >= 11 is 0. The molecule has 1 atom stereocenters. The highest BCUT2D eigenvalue weighted by Gasteiger charge is 2.42. The highest BCUT2D eigenvalue weighted by molar-refractivity contribution is 6.00. The van der Waals surface area contributed by atoms with Gasteiger partial charge in [0.25, 0.3) is 5.91 Å². The van der Waals surface area contributed by atoms with Crippen molar-refractivity contribution in [2.24, 2.45) is 0 Å². The molecule has 0 bridgehead atoms. The summed E-state index contributed by atoms with van der Waals surface area (Å²) in [6.45, 7) is 6.40. The third-order valence-corrected chi connectivity index (χ3v) is 4.87. The van der Waals surface area contributed by atoms with Crippen molar-refractivity contribution < 1.29 is 24.0 Å². The van der Waals surface area contributed by atoms with Gasteiger partial charge in [0.05, 0.1) is 6.04 Å². The van der Waals surface area contributed by atoms with Crippen LogP contribution in [0.15, 0.2) is 48.5 Å². The Morgan fingerprint density at radius 2 is 1.78 bits per heavy atom. The summed E-state index contributed by atoms with van der Waals surface area (Å²) in [5, 5.41) is 9.93. The zero-order valence-corrected chi connectivity index (χ0v) is 18.2. The molecule has 0 N–H and O–H groups in total. The second-order valence-corrected chi connectivity index (χ2v) is 8.37. The minimum Gasteiger partial charge on any atom is -0.459 e. The lowest BCUT2D eigenvalue weighted by atomic mass is 10.1. The fraction of sp³-hybridized carbons (Fsp3) is 0.318. The van der Waals surface area contributed by atoms with Crippen molar-refractivity contribution >= 4 is 29.0 Å². The standard InChI is InChI=1S/C22H23N5O5/c1-14-15-9-5-6-10-16(15)20(29)26(14)25(13-19(28)31-22(2,3)4)21(30)32-27-18-12-8-7-11-17(18)23-24-27/h5-12,14H,13H2,1-4H3. The van der Waals surface area contributed by atoms with E-state index in [1.807, 2.05) is 6.07 Å². The molecule has 0 saturated heterocycles. The largest absolute Gasteiger partial charge is 0.459 e. The molecule has 1 aliphatic rings. The van der Waals surface area contributed by atoms with Crippen LogP contribution < -0.4 is 4.84 Å². The minimum atomic E-state index is -0.973. The number of ether oxygens (including phenoxy) is 1. The molecule has 1 aliphatic heterocycles. The number of rotatable bonds is 4. The van der Waals surface area contributed by atoms with Gasteiger partial charge in [-0.1, -0.05) is 35.2 Å².